The molecule has 0 aliphatic heterocycles. The first kappa shape index (κ1) is 13.8. The molecule has 3 nitrogen and oxygen atoms in total. The lowest BCUT2D eigenvalue weighted by molar-refractivity contribution is 0.131. The summed E-state index contributed by atoms with van der Waals surface area (Å²) in [6.07, 6.45) is 4.85. The van der Waals surface area contributed by atoms with Crippen LogP contribution in [0.3, 0.4) is 0 Å². The molecule has 2 aromatic rings. The lowest BCUT2D eigenvalue weighted by atomic mass is 10.1. The first-order valence-electron chi connectivity index (χ1n) is 7.16. The molecule has 106 valence electrons. The summed E-state index contributed by atoms with van der Waals surface area (Å²) in [6.45, 7) is 1.58. The summed E-state index contributed by atoms with van der Waals surface area (Å²) >= 11 is 6.16. The molecule has 1 fully saturated rings. The Bertz CT molecular complexity index is 602. The molecule has 4 heteroatoms. The van der Waals surface area contributed by atoms with E-state index in [2.05, 4.69) is 10.3 Å². The van der Waals surface area contributed by atoms with Crippen molar-refractivity contribution >= 4 is 22.5 Å². The van der Waals surface area contributed by atoms with Crippen LogP contribution in [0.5, 0.6) is 0 Å². The minimum absolute atomic E-state index is 0.142. The van der Waals surface area contributed by atoms with Crippen molar-refractivity contribution in [1.82, 2.24) is 10.3 Å². The van der Waals surface area contributed by atoms with E-state index in [1.165, 1.54) is 0 Å². The first-order valence-corrected chi connectivity index (χ1v) is 7.54. The van der Waals surface area contributed by atoms with Gasteiger partial charge in [0.05, 0.1) is 11.6 Å². The lowest BCUT2D eigenvalue weighted by Gasteiger charge is -2.15. The molecule has 2 N–H and O–H groups in total. The van der Waals surface area contributed by atoms with Crippen LogP contribution >= 0.6 is 11.6 Å². The molecule has 1 saturated carbocycles. The lowest BCUT2D eigenvalue weighted by Crippen LogP contribution is -2.27. The van der Waals surface area contributed by atoms with E-state index >= 15 is 0 Å². The molecule has 1 heterocycles. The van der Waals surface area contributed by atoms with E-state index in [4.69, 9.17) is 11.6 Å². The number of fused-ring (bicyclic) bond motifs is 1. The average molecular weight is 291 g/mol. The standard InChI is InChI=1S/C16H19ClN2O/c17-14-7-11-4-2-6-19-16(11)13(8-14)10-18-9-12-3-1-5-15(12)20/h2,4,6-8,12,15,18,20H,1,3,5,9-10H2. The molecule has 2 atom stereocenters. The zero-order valence-electron chi connectivity index (χ0n) is 11.3. The topological polar surface area (TPSA) is 45.1 Å². The molecule has 2 unspecified atom stereocenters. The van der Waals surface area contributed by atoms with Crippen molar-refractivity contribution in [2.45, 2.75) is 31.9 Å². The second-order valence-electron chi connectivity index (χ2n) is 5.53. The highest BCUT2D eigenvalue weighted by Gasteiger charge is 2.24. The van der Waals surface area contributed by atoms with Crippen molar-refractivity contribution in [2.24, 2.45) is 5.92 Å². The maximum atomic E-state index is 9.83. The number of nitrogens with one attached hydrogen (secondary N) is 1. The van der Waals surface area contributed by atoms with Gasteiger partial charge < -0.3 is 10.4 Å². The van der Waals surface area contributed by atoms with Crippen molar-refractivity contribution < 1.29 is 5.11 Å². The third-order valence-electron chi connectivity index (χ3n) is 4.09. The fourth-order valence-electron chi connectivity index (χ4n) is 3.01. The number of pyridine rings is 1. The van der Waals surface area contributed by atoms with Gasteiger partial charge in [-0.1, -0.05) is 24.1 Å². The molecule has 3 rings (SSSR count). The number of aliphatic hydroxyl groups excluding tert-OH is 1. The van der Waals surface area contributed by atoms with Crippen LogP contribution in [-0.2, 0) is 6.54 Å². The van der Waals surface area contributed by atoms with Gasteiger partial charge >= 0.3 is 0 Å². The number of hydrogen-bond donors (Lipinski definition) is 2. The van der Waals surface area contributed by atoms with Crippen LogP contribution < -0.4 is 5.32 Å². The highest BCUT2D eigenvalue weighted by molar-refractivity contribution is 6.31. The van der Waals surface area contributed by atoms with Crippen LogP contribution in [0.2, 0.25) is 5.02 Å². The molecule has 0 spiro atoms. The Morgan fingerprint density at radius 3 is 3.05 bits per heavy atom. The van der Waals surface area contributed by atoms with Crippen molar-refractivity contribution in [3.05, 3.63) is 41.0 Å². The highest BCUT2D eigenvalue weighted by Crippen LogP contribution is 2.25. The van der Waals surface area contributed by atoms with E-state index in [9.17, 15) is 5.11 Å². The van der Waals surface area contributed by atoms with Gasteiger partial charge in [-0.2, -0.15) is 0 Å². The Morgan fingerprint density at radius 1 is 1.35 bits per heavy atom. The first-order chi connectivity index (χ1) is 9.74. The number of halogens is 1. The Morgan fingerprint density at radius 2 is 2.25 bits per heavy atom. The summed E-state index contributed by atoms with van der Waals surface area (Å²) in [4.78, 5) is 4.44. The number of rotatable bonds is 4. The smallest absolute Gasteiger partial charge is 0.0747 e. The predicted octanol–water partition coefficient (Wildman–Crippen LogP) is 3.14. The Hall–Kier alpha value is -1.16. The molecule has 0 amide bonds. The molecule has 1 aromatic carbocycles. The van der Waals surface area contributed by atoms with Crippen LogP contribution in [0.1, 0.15) is 24.8 Å². The number of hydrogen-bond acceptors (Lipinski definition) is 3. The van der Waals surface area contributed by atoms with Crippen molar-refractivity contribution in [1.29, 1.82) is 0 Å². The van der Waals surface area contributed by atoms with E-state index in [1.807, 2.05) is 24.3 Å². The number of aliphatic hydroxyl groups is 1. The minimum Gasteiger partial charge on any atom is -0.393 e. The van der Waals surface area contributed by atoms with Crippen LogP contribution in [0, 0.1) is 5.92 Å². The van der Waals surface area contributed by atoms with E-state index in [-0.39, 0.29) is 6.10 Å². The fraction of sp³-hybridized carbons (Fsp3) is 0.438. The van der Waals surface area contributed by atoms with E-state index in [1.54, 1.807) is 6.20 Å². The van der Waals surface area contributed by atoms with Gasteiger partial charge in [0.25, 0.3) is 0 Å². The zero-order valence-corrected chi connectivity index (χ0v) is 12.1. The summed E-state index contributed by atoms with van der Waals surface area (Å²) in [6, 6.07) is 7.85. The summed E-state index contributed by atoms with van der Waals surface area (Å²) in [5, 5.41) is 15.1. The van der Waals surface area contributed by atoms with Gasteiger partial charge in [0.15, 0.2) is 0 Å². The van der Waals surface area contributed by atoms with Gasteiger partial charge in [0.1, 0.15) is 0 Å². The van der Waals surface area contributed by atoms with Gasteiger partial charge in [-0.25, -0.2) is 0 Å². The summed E-state index contributed by atoms with van der Waals surface area (Å²) in [5.41, 5.74) is 2.11. The van der Waals surface area contributed by atoms with Crippen LogP contribution in [0.25, 0.3) is 10.9 Å². The van der Waals surface area contributed by atoms with E-state index in [0.717, 1.165) is 53.8 Å². The van der Waals surface area contributed by atoms with E-state index in [0.29, 0.717) is 5.92 Å². The Kier molecular flexibility index (Phi) is 4.20. The minimum atomic E-state index is -0.142. The summed E-state index contributed by atoms with van der Waals surface area (Å²) in [7, 11) is 0. The number of aromatic nitrogens is 1. The van der Waals surface area contributed by atoms with Gasteiger partial charge in [0.2, 0.25) is 0 Å². The average Bonchev–Trinajstić information content (AvgIpc) is 2.84. The van der Waals surface area contributed by atoms with Crippen molar-refractivity contribution in [2.75, 3.05) is 6.54 Å². The maximum Gasteiger partial charge on any atom is 0.0747 e. The molecule has 0 radical (unpaired) electrons. The quantitative estimate of drug-likeness (QED) is 0.909. The fourth-order valence-corrected chi connectivity index (χ4v) is 3.26. The molecule has 1 aliphatic rings. The summed E-state index contributed by atoms with van der Waals surface area (Å²) < 4.78 is 0. The monoisotopic (exact) mass is 290 g/mol. The van der Waals surface area contributed by atoms with Gasteiger partial charge in [0, 0.05) is 29.7 Å². The SMILES string of the molecule is OC1CCCC1CNCc1cc(Cl)cc2cccnc12. The number of nitrogens with zero attached hydrogens (tertiary/aromatic N) is 1. The molecule has 0 saturated heterocycles. The largest absolute Gasteiger partial charge is 0.393 e. The van der Waals surface area contributed by atoms with Gasteiger partial charge in [-0.3, -0.25) is 4.98 Å². The second-order valence-corrected chi connectivity index (χ2v) is 5.97. The Balaban J connectivity index is 1.71. The van der Waals surface area contributed by atoms with E-state index < -0.39 is 0 Å². The Labute approximate surface area is 124 Å². The van der Waals surface area contributed by atoms with Gasteiger partial charge in [-0.15, -0.1) is 0 Å². The van der Waals surface area contributed by atoms with Gasteiger partial charge in [-0.05, 0) is 42.5 Å². The molecular weight excluding hydrogens is 272 g/mol. The van der Waals surface area contributed by atoms with Crippen molar-refractivity contribution in [3.63, 3.8) is 0 Å². The third kappa shape index (κ3) is 2.95. The zero-order chi connectivity index (χ0) is 13.9. The molecule has 1 aliphatic carbocycles. The second kappa shape index (κ2) is 6.08. The number of benzene rings is 1. The third-order valence-corrected chi connectivity index (χ3v) is 4.31. The van der Waals surface area contributed by atoms with Crippen LogP contribution in [-0.4, -0.2) is 22.7 Å². The van der Waals surface area contributed by atoms with Crippen LogP contribution in [0.4, 0.5) is 0 Å². The highest BCUT2D eigenvalue weighted by atomic mass is 35.5. The van der Waals surface area contributed by atoms with Crippen LogP contribution in [0.15, 0.2) is 30.5 Å². The maximum absolute atomic E-state index is 9.83. The normalized spacial score (nSPS) is 22.5. The predicted molar refractivity (Wildman–Crippen MR) is 81.8 cm³/mol. The summed E-state index contributed by atoms with van der Waals surface area (Å²) in [5.74, 6) is 0.383. The van der Waals surface area contributed by atoms with Crippen molar-refractivity contribution in [3.8, 4) is 0 Å². The molecule has 0 bridgehead atoms. The molecule has 20 heavy (non-hydrogen) atoms. The molecular formula is C16H19ClN2O. The molecule has 1 aromatic heterocycles.